The highest BCUT2D eigenvalue weighted by atomic mass is 16.5. The lowest BCUT2D eigenvalue weighted by Crippen LogP contribution is -2.33. The van der Waals surface area contributed by atoms with Crippen LogP contribution < -0.4 is 5.32 Å². The molecule has 1 amide bonds. The molecule has 1 saturated heterocycles. The second-order valence-electron chi connectivity index (χ2n) is 5.71. The highest BCUT2D eigenvalue weighted by molar-refractivity contribution is 5.76. The van der Waals surface area contributed by atoms with Crippen molar-refractivity contribution in [3.8, 4) is 0 Å². The van der Waals surface area contributed by atoms with E-state index in [9.17, 15) is 4.79 Å². The standard InChI is InChI=1S/C14H25NO2/c1-11-5-6-12(10-11)15-14(16)8-7-13-4-2-3-9-17-13/h11-13H,2-10H2,1H3,(H,15,16). The zero-order valence-corrected chi connectivity index (χ0v) is 10.9. The van der Waals surface area contributed by atoms with E-state index in [1.165, 1.54) is 19.3 Å². The lowest BCUT2D eigenvalue weighted by atomic mass is 10.0. The van der Waals surface area contributed by atoms with E-state index in [-0.39, 0.29) is 5.91 Å². The van der Waals surface area contributed by atoms with E-state index in [1.54, 1.807) is 0 Å². The van der Waals surface area contributed by atoms with Crippen molar-refractivity contribution in [1.82, 2.24) is 5.32 Å². The van der Waals surface area contributed by atoms with Gasteiger partial charge in [-0.05, 0) is 50.9 Å². The number of amides is 1. The van der Waals surface area contributed by atoms with Crippen LogP contribution in [0.2, 0.25) is 0 Å². The molecule has 2 rings (SSSR count). The summed E-state index contributed by atoms with van der Waals surface area (Å²) in [5.41, 5.74) is 0. The van der Waals surface area contributed by atoms with Gasteiger partial charge in [0.05, 0.1) is 6.10 Å². The maximum Gasteiger partial charge on any atom is 0.220 e. The van der Waals surface area contributed by atoms with E-state index >= 15 is 0 Å². The monoisotopic (exact) mass is 239 g/mol. The zero-order chi connectivity index (χ0) is 12.1. The third-order valence-corrected chi connectivity index (χ3v) is 4.03. The Morgan fingerprint density at radius 3 is 2.82 bits per heavy atom. The summed E-state index contributed by atoms with van der Waals surface area (Å²) < 4.78 is 5.64. The molecule has 98 valence electrons. The minimum absolute atomic E-state index is 0.221. The molecule has 1 aliphatic heterocycles. The molecule has 2 aliphatic rings. The van der Waals surface area contributed by atoms with Crippen LogP contribution in [-0.2, 0) is 9.53 Å². The molecule has 17 heavy (non-hydrogen) atoms. The smallest absolute Gasteiger partial charge is 0.220 e. The van der Waals surface area contributed by atoms with Crippen LogP contribution >= 0.6 is 0 Å². The van der Waals surface area contributed by atoms with Gasteiger partial charge < -0.3 is 10.1 Å². The molecule has 0 aromatic heterocycles. The van der Waals surface area contributed by atoms with Gasteiger partial charge in [-0.1, -0.05) is 6.92 Å². The average molecular weight is 239 g/mol. The molecule has 1 heterocycles. The van der Waals surface area contributed by atoms with Gasteiger partial charge in [0.1, 0.15) is 0 Å². The van der Waals surface area contributed by atoms with Gasteiger partial charge in [0.2, 0.25) is 5.91 Å². The van der Waals surface area contributed by atoms with Crippen molar-refractivity contribution in [3.05, 3.63) is 0 Å². The normalized spacial score (nSPS) is 33.6. The van der Waals surface area contributed by atoms with Crippen LogP contribution in [0.5, 0.6) is 0 Å². The Labute approximate surface area is 104 Å². The molecule has 0 radical (unpaired) electrons. The van der Waals surface area contributed by atoms with Gasteiger partial charge in [0.25, 0.3) is 0 Å². The molecule has 1 saturated carbocycles. The lowest BCUT2D eigenvalue weighted by molar-refractivity contribution is -0.122. The Morgan fingerprint density at radius 2 is 2.18 bits per heavy atom. The van der Waals surface area contributed by atoms with Crippen LogP contribution in [0.15, 0.2) is 0 Å². The largest absolute Gasteiger partial charge is 0.378 e. The number of carbonyl (C=O) groups is 1. The van der Waals surface area contributed by atoms with Crippen LogP contribution in [0.4, 0.5) is 0 Å². The summed E-state index contributed by atoms with van der Waals surface area (Å²) in [7, 11) is 0. The van der Waals surface area contributed by atoms with Crippen LogP contribution in [0.25, 0.3) is 0 Å². The van der Waals surface area contributed by atoms with Gasteiger partial charge in [-0.25, -0.2) is 0 Å². The Bertz CT molecular complexity index is 249. The first-order valence-corrected chi connectivity index (χ1v) is 7.15. The SMILES string of the molecule is CC1CCC(NC(=O)CCC2CCCCO2)C1. The third-order valence-electron chi connectivity index (χ3n) is 4.03. The molecule has 0 aromatic carbocycles. The molecular weight excluding hydrogens is 214 g/mol. The van der Waals surface area contributed by atoms with Crippen molar-refractivity contribution in [2.24, 2.45) is 5.92 Å². The predicted octanol–water partition coefficient (Wildman–Crippen LogP) is 2.64. The molecule has 3 atom stereocenters. The molecule has 3 heteroatoms. The summed E-state index contributed by atoms with van der Waals surface area (Å²) in [6, 6.07) is 0.435. The topological polar surface area (TPSA) is 38.3 Å². The molecule has 2 fully saturated rings. The highest BCUT2D eigenvalue weighted by Crippen LogP contribution is 2.24. The van der Waals surface area contributed by atoms with E-state index in [0.29, 0.717) is 18.6 Å². The van der Waals surface area contributed by atoms with Gasteiger partial charge in [-0.15, -0.1) is 0 Å². The first-order valence-electron chi connectivity index (χ1n) is 7.15. The van der Waals surface area contributed by atoms with Crippen LogP contribution in [0, 0.1) is 5.92 Å². The van der Waals surface area contributed by atoms with E-state index in [0.717, 1.165) is 38.2 Å². The number of hydrogen-bond acceptors (Lipinski definition) is 2. The molecule has 1 aliphatic carbocycles. The second kappa shape index (κ2) is 6.39. The number of hydrogen-bond donors (Lipinski definition) is 1. The summed E-state index contributed by atoms with van der Waals surface area (Å²) >= 11 is 0. The zero-order valence-electron chi connectivity index (χ0n) is 10.9. The first kappa shape index (κ1) is 12.9. The Morgan fingerprint density at radius 1 is 1.29 bits per heavy atom. The highest BCUT2D eigenvalue weighted by Gasteiger charge is 2.23. The number of nitrogens with one attached hydrogen (secondary N) is 1. The summed E-state index contributed by atoms with van der Waals surface area (Å²) in [5.74, 6) is 1.00. The molecule has 1 N–H and O–H groups in total. The van der Waals surface area contributed by atoms with Gasteiger partial charge in [-0.2, -0.15) is 0 Å². The Balaban J connectivity index is 1.60. The van der Waals surface area contributed by atoms with Gasteiger partial charge in [0.15, 0.2) is 0 Å². The van der Waals surface area contributed by atoms with Crippen molar-refractivity contribution in [2.45, 2.75) is 70.4 Å². The molecule has 0 aromatic rings. The quantitative estimate of drug-likeness (QED) is 0.819. The summed E-state index contributed by atoms with van der Waals surface area (Å²) in [6.07, 6.45) is 9.01. The van der Waals surface area contributed by atoms with Gasteiger partial charge >= 0.3 is 0 Å². The van der Waals surface area contributed by atoms with Gasteiger partial charge in [0, 0.05) is 19.1 Å². The second-order valence-corrected chi connectivity index (χ2v) is 5.71. The minimum Gasteiger partial charge on any atom is -0.378 e. The molecule has 0 spiro atoms. The van der Waals surface area contributed by atoms with Gasteiger partial charge in [-0.3, -0.25) is 4.79 Å². The molecule has 3 unspecified atom stereocenters. The third kappa shape index (κ3) is 4.30. The summed E-state index contributed by atoms with van der Waals surface area (Å²) in [4.78, 5) is 11.8. The van der Waals surface area contributed by atoms with Crippen molar-refractivity contribution in [2.75, 3.05) is 6.61 Å². The predicted molar refractivity (Wildman–Crippen MR) is 67.8 cm³/mol. The Kier molecular flexibility index (Phi) is 4.84. The van der Waals surface area contributed by atoms with Crippen molar-refractivity contribution < 1.29 is 9.53 Å². The molecule has 3 nitrogen and oxygen atoms in total. The molecule has 0 bridgehead atoms. The fourth-order valence-corrected chi connectivity index (χ4v) is 2.97. The minimum atomic E-state index is 0.221. The summed E-state index contributed by atoms with van der Waals surface area (Å²) in [5, 5.41) is 3.15. The lowest BCUT2D eigenvalue weighted by Gasteiger charge is -2.22. The molecular formula is C14H25NO2. The Hall–Kier alpha value is -0.570. The number of rotatable bonds is 4. The maximum atomic E-state index is 11.8. The number of carbonyl (C=O) groups excluding carboxylic acids is 1. The van der Waals surface area contributed by atoms with Crippen molar-refractivity contribution in [3.63, 3.8) is 0 Å². The van der Waals surface area contributed by atoms with Crippen molar-refractivity contribution in [1.29, 1.82) is 0 Å². The van der Waals surface area contributed by atoms with Crippen LogP contribution in [-0.4, -0.2) is 24.7 Å². The van der Waals surface area contributed by atoms with E-state index < -0.39 is 0 Å². The summed E-state index contributed by atoms with van der Waals surface area (Å²) in [6.45, 7) is 3.15. The van der Waals surface area contributed by atoms with E-state index in [4.69, 9.17) is 4.74 Å². The number of ether oxygens (including phenoxy) is 1. The fourth-order valence-electron chi connectivity index (χ4n) is 2.97. The van der Waals surface area contributed by atoms with E-state index in [2.05, 4.69) is 12.2 Å². The van der Waals surface area contributed by atoms with Crippen LogP contribution in [0.3, 0.4) is 0 Å². The average Bonchev–Trinajstić information content (AvgIpc) is 2.73. The fraction of sp³-hybridized carbons (Fsp3) is 0.929. The van der Waals surface area contributed by atoms with Crippen molar-refractivity contribution >= 4 is 5.91 Å². The van der Waals surface area contributed by atoms with Crippen LogP contribution in [0.1, 0.15) is 58.3 Å². The van der Waals surface area contributed by atoms with E-state index in [1.807, 2.05) is 0 Å². The maximum absolute atomic E-state index is 11.8. The first-order chi connectivity index (χ1) is 8.24.